The molecule has 1 aliphatic heterocycles. The summed E-state index contributed by atoms with van der Waals surface area (Å²) in [5.74, 6) is -3.23. The fourth-order valence-corrected chi connectivity index (χ4v) is 5.18. The number of pyridine rings is 1. The molecular formula is C22H24F2N6O5S. The molecule has 4 N–H and O–H groups in total. The van der Waals surface area contributed by atoms with Gasteiger partial charge in [0.25, 0.3) is 5.91 Å². The van der Waals surface area contributed by atoms with Gasteiger partial charge in [0.1, 0.15) is 17.2 Å². The van der Waals surface area contributed by atoms with E-state index < -0.39 is 44.9 Å². The summed E-state index contributed by atoms with van der Waals surface area (Å²) in [7, 11) is -3.86. The van der Waals surface area contributed by atoms with Crippen LogP contribution in [0.4, 0.5) is 25.0 Å². The van der Waals surface area contributed by atoms with Crippen molar-refractivity contribution in [3.05, 3.63) is 47.4 Å². The number of benzene rings is 1. The largest absolute Gasteiger partial charge is 0.465 e. The molecule has 14 heteroatoms. The minimum absolute atomic E-state index is 0.00950. The Morgan fingerprint density at radius 2 is 1.97 bits per heavy atom. The minimum atomic E-state index is -3.86. The Balaban J connectivity index is 1.52. The highest BCUT2D eigenvalue weighted by Gasteiger charge is 2.26. The van der Waals surface area contributed by atoms with Gasteiger partial charge in [-0.05, 0) is 37.5 Å². The summed E-state index contributed by atoms with van der Waals surface area (Å²) in [6, 6.07) is 3.22. The van der Waals surface area contributed by atoms with Gasteiger partial charge in [0.2, 0.25) is 10.0 Å². The lowest BCUT2D eigenvalue weighted by Crippen LogP contribution is -2.37. The highest BCUT2D eigenvalue weighted by molar-refractivity contribution is 7.92. The number of piperidine rings is 1. The molecule has 0 spiro atoms. The van der Waals surface area contributed by atoms with Gasteiger partial charge in [0.15, 0.2) is 11.5 Å². The monoisotopic (exact) mass is 522 g/mol. The van der Waals surface area contributed by atoms with Gasteiger partial charge in [-0.3, -0.25) is 9.52 Å². The van der Waals surface area contributed by atoms with E-state index in [-0.39, 0.29) is 23.8 Å². The topological polar surface area (TPSA) is 157 Å². The van der Waals surface area contributed by atoms with E-state index in [9.17, 15) is 26.8 Å². The molecule has 0 atom stereocenters. The van der Waals surface area contributed by atoms with Crippen molar-refractivity contribution in [2.24, 2.45) is 0 Å². The number of likely N-dealkylation sites (tertiary alicyclic amines) is 1. The molecule has 2 amide bonds. The lowest BCUT2D eigenvalue weighted by Gasteiger charge is -2.28. The number of rotatable bonds is 7. The van der Waals surface area contributed by atoms with E-state index in [1.54, 1.807) is 6.92 Å². The number of halogens is 2. The zero-order valence-corrected chi connectivity index (χ0v) is 20.0. The summed E-state index contributed by atoms with van der Waals surface area (Å²) in [5, 5.41) is 11.5. The fourth-order valence-electron chi connectivity index (χ4n) is 4.04. The van der Waals surface area contributed by atoms with Crippen LogP contribution in [0.1, 0.15) is 48.3 Å². The van der Waals surface area contributed by atoms with Gasteiger partial charge in [-0.15, -0.1) is 0 Å². The summed E-state index contributed by atoms with van der Waals surface area (Å²) in [6.07, 6.45) is 1.79. The molecule has 0 saturated carbocycles. The van der Waals surface area contributed by atoms with Gasteiger partial charge in [0.05, 0.1) is 28.8 Å². The lowest BCUT2D eigenvalue weighted by atomic mass is 9.96. The maximum absolute atomic E-state index is 14.9. The van der Waals surface area contributed by atoms with Crippen molar-refractivity contribution >= 4 is 44.6 Å². The maximum atomic E-state index is 14.9. The number of carbonyl (C=O) groups excluding carboxylic acids is 1. The fraction of sp³-hybridized carbons (Fsp3) is 0.364. The number of nitrogens with one attached hydrogen (secondary N) is 3. The average molecular weight is 523 g/mol. The van der Waals surface area contributed by atoms with Crippen LogP contribution in [0.25, 0.3) is 11.2 Å². The number of carbonyl (C=O) groups is 2. The molecule has 192 valence electrons. The summed E-state index contributed by atoms with van der Waals surface area (Å²) >= 11 is 0. The molecule has 0 bridgehead atoms. The number of carboxylic acid groups (broad SMARTS) is 1. The molecule has 0 unspecified atom stereocenters. The van der Waals surface area contributed by atoms with E-state index >= 15 is 0 Å². The zero-order chi connectivity index (χ0) is 26.0. The Morgan fingerprint density at radius 3 is 2.64 bits per heavy atom. The second kappa shape index (κ2) is 10.0. The molecule has 0 radical (unpaired) electrons. The predicted molar refractivity (Wildman–Crippen MR) is 127 cm³/mol. The second-order valence-corrected chi connectivity index (χ2v) is 10.3. The van der Waals surface area contributed by atoms with Gasteiger partial charge in [-0.2, -0.15) is 0 Å². The van der Waals surface area contributed by atoms with Crippen molar-refractivity contribution in [3.8, 4) is 0 Å². The minimum Gasteiger partial charge on any atom is -0.465 e. The van der Waals surface area contributed by atoms with Crippen LogP contribution in [0, 0.1) is 11.6 Å². The van der Waals surface area contributed by atoms with Crippen LogP contribution >= 0.6 is 0 Å². The molecule has 36 heavy (non-hydrogen) atoms. The molecule has 1 saturated heterocycles. The highest BCUT2D eigenvalue weighted by Crippen LogP contribution is 2.28. The molecule has 1 aliphatic rings. The number of amides is 2. The maximum Gasteiger partial charge on any atom is 0.407 e. The number of nitrogens with zero attached hydrogens (tertiary/aromatic N) is 3. The van der Waals surface area contributed by atoms with Gasteiger partial charge in [0, 0.05) is 19.0 Å². The zero-order valence-electron chi connectivity index (χ0n) is 19.2. The smallest absolute Gasteiger partial charge is 0.407 e. The number of anilines is 2. The summed E-state index contributed by atoms with van der Waals surface area (Å²) in [5.41, 5.74) is -0.490. The van der Waals surface area contributed by atoms with Crippen LogP contribution < -0.4 is 10.0 Å². The number of imidazole rings is 1. The van der Waals surface area contributed by atoms with Gasteiger partial charge < -0.3 is 20.3 Å². The van der Waals surface area contributed by atoms with Crippen LogP contribution in [-0.2, 0) is 10.0 Å². The number of hydrogen-bond acceptors (Lipinski definition) is 6. The standard InChI is InChI=1S/C22H24F2N6O5S/c1-2-9-36(34,35)29-15-4-3-14(23)17(18(15)24)21(31)26-13-10-16-20(25-11-13)28-19(27-16)12-5-7-30(8-6-12)22(32)33/h3-4,10-12,29H,2,5-9H2,1H3,(H,26,31)(H,32,33)(H,25,27,28). The van der Waals surface area contributed by atoms with Gasteiger partial charge in [-0.1, -0.05) is 6.92 Å². The SMILES string of the molecule is CCCS(=O)(=O)Nc1ccc(F)c(C(=O)Nc2cnc3nc(C4CCN(C(=O)O)CC4)[nH]c3c2)c1F. The number of H-pyrrole nitrogens is 1. The first-order valence-corrected chi connectivity index (χ1v) is 12.9. The van der Waals surface area contributed by atoms with Crippen LogP contribution in [0.2, 0.25) is 0 Å². The van der Waals surface area contributed by atoms with Crippen LogP contribution in [0.15, 0.2) is 24.4 Å². The Kier molecular flexibility index (Phi) is 7.06. The molecule has 1 fully saturated rings. The van der Waals surface area contributed by atoms with Crippen LogP contribution in [0.5, 0.6) is 0 Å². The number of aromatic nitrogens is 3. The van der Waals surface area contributed by atoms with Crippen molar-refractivity contribution in [3.63, 3.8) is 0 Å². The highest BCUT2D eigenvalue weighted by atomic mass is 32.2. The molecule has 2 aromatic heterocycles. The second-order valence-electron chi connectivity index (χ2n) is 8.42. The quantitative estimate of drug-likeness (QED) is 0.370. The van der Waals surface area contributed by atoms with Crippen molar-refractivity contribution in [2.45, 2.75) is 32.1 Å². The van der Waals surface area contributed by atoms with E-state index in [2.05, 4.69) is 20.3 Å². The first kappa shape index (κ1) is 25.3. The molecular weight excluding hydrogens is 498 g/mol. The Bertz CT molecular complexity index is 1420. The normalized spacial score (nSPS) is 14.7. The van der Waals surface area contributed by atoms with Crippen molar-refractivity contribution in [1.29, 1.82) is 0 Å². The third-order valence-corrected chi connectivity index (χ3v) is 7.30. The Hall–Kier alpha value is -3.81. The van der Waals surface area contributed by atoms with Crippen molar-refractivity contribution in [2.75, 3.05) is 28.9 Å². The molecule has 11 nitrogen and oxygen atoms in total. The van der Waals surface area contributed by atoms with Crippen LogP contribution in [-0.4, -0.2) is 64.2 Å². The summed E-state index contributed by atoms with van der Waals surface area (Å²) < 4.78 is 55.2. The summed E-state index contributed by atoms with van der Waals surface area (Å²) in [4.78, 5) is 36.9. The Morgan fingerprint density at radius 1 is 1.25 bits per heavy atom. The predicted octanol–water partition coefficient (Wildman–Crippen LogP) is 3.50. The molecule has 3 heterocycles. The van der Waals surface area contributed by atoms with E-state index in [1.165, 1.54) is 17.2 Å². The van der Waals surface area contributed by atoms with E-state index in [1.807, 2.05) is 4.72 Å². The average Bonchev–Trinajstić information content (AvgIpc) is 3.24. The first-order chi connectivity index (χ1) is 17.1. The number of hydrogen-bond donors (Lipinski definition) is 4. The number of fused-ring (bicyclic) bond motifs is 1. The number of sulfonamides is 1. The first-order valence-electron chi connectivity index (χ1n) is 11.2. The molecule has 1 aromatic carbocycles. The van der Waals surface area contributed by atoms with E-state index in [0.717, 1.165) is 12.1 Å². The molecule has 4 rings (SSSR count). The lowest BCUT2D eigenvalue weighted by molar-refractivity contribution is 0.101. The van der Waals surface area contributed by atoms with Crippen molar-refractivity contribution in [1.82, 2.24) is 19.9 Å². The van der Waals surface area contributed by atoms with Crippen LogP contribution in [0.3, 0.4) is 0 Å². The molecule has 3 aromatic rings. The summed E-state index contributed by atoms with van der Waals surface area (Å²) in [6.45, 7) is 2.40. The molecule has 0 aliphatic carbocycles. The van der Waals surface area contributed by atoms with E-state index in [4.69, 9.17) is 5.11 Å². The van der Waals surface area contributed by atoms with E-state index in [0.29, 0.717) is 42.9 Å². The Labute approximate surface area is 205 Å². The van der Waals surface area contributed by atoms with Gasteiger partial charge >= 0.3 is 6.09 Å². The van der Waals surface area contributed by atoms with Gasteiger partial charge in [-0.25, -0.2) is 32.0 Å². The van der Waals surface area contributed by atoms with Crippen molar-refractivity contribution < 1.29 is 31.9 Å². The third-order valence-electron chi connectivity index (χ3n) is 5.82. The number of aromatic amines is 1. The third kappa shape index (κ3) is 5.37.